The number of aromatic nitrogens is 1. The van der Waals surface area contributed by atoms with Crippen molar-refractivity contribution in [2.24, 2.45) is 0 Å². The van der Waals surface area contributed by atoms with Gasteiger partial charge in [-0.2, -0.15) is 13.2 Å². The van der Waals surface area contributed by atoms with Crippen molar-refractivity contribution in [2.45, 2.75) is 13.1 Å². The fraction of sp³-hybridized carbons (Fsp3) is 0.429. The summed E-state index contributed by atoms with van der Waals surface area (Å²) in [5, 5.41) is 3.18. The molecule has 5 nitrogen and oxygen atoms in total. The smallest absolute Gasteiger partial charge is 0.401 e. The summed E-state index contributed by atoms with van der Waals surface area (Å²) in [6.45, 7) is 1.19. The first-order chi connectivity index (χ1) is 10.9. The maximum Gasteiger partial charge on any atom is 0.401 e. The van der Waals surface area contributed by atoms with E-state index in [1.807, 2.05) is 0 Å². The van der Waals surface area contributed by atoms with E-state index in [1.54, 1.807) is 19.1 Å². The summed E-state index contributed by atoms with van der Waals surface area (Å²) in [4.78, 5) is 17.7. The summed E-state index contributed by atoms with van der Waals surface area (Å²) in [5.74, 6) is 0.208. The van der Waals surface area contributed by atoms with E-state index in [-0.39, 0.29) is 25.5 Å². The molecule has 0 aliphatic carbocycles. The quantitative estimate of drug-likeness (QED) is 0.836. The molecule has 126 valence electrons. The van der Waals surface area contributed by atoms with Gasteiger partial charge in [0.05, 0.1) is 19.0 Å². The predicted molar refractivity (Wildman–Crippen MR) is 80.3 cm³/mol. The molecule has 1 N–H and O–H groups in total. The largest absolute Gasteiger partial charge is 0.462 e. The highest BCUT2D eigenvalue weighted by molar-refractivity contribution is 7.16. The normalized spacial score (nSPS) is 11.9. The fourth-order valence-electron chi connectivity index (χ4n) is 1.91. The third-order valence-corrected chi connectivity index (χ3v) is 4.04. The van der Waals surface area contributed by atoms with Crippen molar-refractivity contribution in [3.63, 3.8) is 0 Å². The second-order valence-electron chi connectivity index (χ2n) is 4.75. The van der Waals surface area contributed by atoms with Crippen molar-refractivity contribution in [3.05, 3.63) is 29.5 Å². The number of nitrogens with one attached hydrogen (secondary N) is 1. The number of rotatable bonds is 7. The average Bonchev–Trinajstić information content (AvgIpc) is 3.15. The Morgan fingerprint density at radius 3 is 2.87 bits per heavy atom. The molecular weight excluding hydrogens is 331 g/mol. The van der Waals surface area contributed by atoms with Gasteiger partial charge in [0.15, 0.2) is 10.8 Å². The lowest BCUT2D eigenvalue weighted by molar-refractivity contribution is -0.145. The standard InChI is InChI=1S/C14H16F3N3O2S/c1-2-20(9-14(15,16)17)6-5-18-12(21)11-8-19-13(23-11)10-4-3-7-22-10/h3-4,7-8H,2,5-6,9H2,1H3,(H,18,21). The van der Waals surface area contributed by atoms with Crippen LogP contribution in [0.1, 0.15) is 16.6 Å². The number of alkyl halides is 3. The number of carbonyl (C=O) groups is 1. The van der Waals surface area contributed by atoms with Gasteiger partial charge < -0.3 is 9.73 Å². The van der Waals surface area contributed by atoms with Crippen molar-refractivity contribution >= 4 is 17.2 Å². The lowest BCUT2D eigenvalue weighted by atomic mass is 10.4. The molecule has 0 aliphatic heterocycles. The van der Waals surface area contributed by atoms with Crippen LogP contribution in [0.2, 0.25) is 0 Å². The van der Waals surface area contributed by atoms with Gasteiger partial charge in [-0.05, 0) is 18.7 Å². The van der Waals surface area contributed by atoms with Gasteiger partial charge in [-0.3, -0.25) is 9.69 Å². The second kappa shape index (κ2) is 7.60. The van der Waals surface area contributed by atoms with E-state index >= 15 is 0 Å². The lowest BCUT2D eigenvalue weighted by Gasteiger charge is -2.21. The molecule has 1 amide bonds. The highest BCUT2D eigenvalue weighted by Gasteiger charge is 2.29. The molecule has 9 heteroatoms. The molecular formula is C14H16F3N3O2S. The Morgan fingerprint density at radius 1 is 1.48 bits per heavy atom. The van der Waals surface area contributed by atoms with Crippen LogP contribution in [0, 0.1) is 0 Å². The molecule has 23 heavy (non-hydrogen) atoms. The van der Waals surface area contributed by atoms with Crippen molar-refractivity contribution in [2.75, 3.05) is 26.2 Å². The van der Waals surface area contributed by atoms with E-state index in [1.165, 1.54) is 17.4 Å². The number of likely N-dealkylation sites (N-methyl/N-ethyl adjacent to an activating group) is 1. The summed E-state index contributed by atoms with van der Waals surface area (Å²) in [5.41, 5.74) is 0. The number of hydrogen-bond donors (Lipinski definition) is 1. The lowest BCUT2D eigenvalue weighted by Crippen LogP contribution is -2.39. The Morgan fingerprint density at radius 2 is 2.26 bits per heavy atom. The Bertz CT molecular complexity index is 626. The zero-order valence-electron chi connectivity index (χ0n) is 12.4. The maximum atomic E-state index is 12.3. The topological polar surface area (TPSA) is 58.4 Å². The van der Waals surface area contributed by atoms with Gasteiger partial charge in [-0.1, -0.05) is 6.92 Å². The number of furan rings is 1. The zero-order chi connectivity index (χ0) is 16.9. The first-order valence-corrected chi connectivity index (χ1v) is 7.77. The highest BCUT2D eigenvalue weighted by Crippen LogP contribution is 2.25. The number of amides is 1. The third kappa shape index (κ3) is 5.36. The van der Waals surface area contributed by atoms with Gasteiger partial charge in [0.2, 0.25) is 0 Å². The molecule has 0 saturated carbocycles. The Hall–Kier alpha value is -1.87. The molecule has 2 aromatic rings. The number of halogens is 3. The first-order valence-electron chi connectivity index (χ1n) is 6.96. The first kappa shape index (κ1) is 17.5. The van der Waals surface area contributed by atoms with Crippen molar-refractivity contribution in [1.29, 1.82) is 0 Å². The van der Waals surface area contributed by atoms with Crippen LogP contribution < -0.4 is 5.32 Å². The molecule has 0 aromatic carbocycles. The minimum atomic E-state index is -4.24. The minimum Gasteiger partial charge on any atom is -0.462 e. The van der Waals surface area contributed by atoms with Crippen molar-refractivity contribution in [3.8, 4) is 10.8 Å². The SMILES string of the molecule is CCN(CCNC(=O)c1cnc(-c2ccco2)s1)CC(F)(F)F. The summed E-state index contributed by atoms with van der Waals surface area (Å²) >= 11 is 1.16. The van der Waals surface area contributed by atoms with Crippen molar-refractivity contribution < 1.29 is 22.4 Å². The Labute approximate surface area is 135 Å². The molecule has 0 unspecified atom stereocenters. The van der Waals surface area contributed by atoms with Crippen LogP contribution in [-0.2, 0) is 0 Å². The van der Waals surface area contributed by atoms with Gasteiger partial charge in [0.1, 0.15) is 4.88 Å². The van der Waals surface area contributed by atoms with Gasteiger partial charge in [-0.25, -0.2) is 4.98 Å². The molecule has 0 spiro atoms. The van der Waals surface area contributed by atoms with E-state index in [2.05, 4.69) is 10.3 Å². The average molecular weight is 347 g/mol. The summed E-state index contributed by atoms with van der Waals surface area (Å²) < 4.78 is 42.2. The van der Waals surface area contributed by atoms with Crippen LogP contribution in [0.15, 0.2) is 29.0 Å². The molecule has 2 aromatic heterocycles. The van der Waals surface area contributed by atoms with E-state index in [9.17, 15) is 18.0 Å². The van der Waals surface area contributed by atoms with Gasteiger partial charge in [0.25, 0.3) is 5.91 Å². The van der Waals surface area contributed by atoms with Gasteiger partial charge in [0, 0.05) is 13.1 Å². The maximum absolute atomic E-state index is 12.3. The highest BCUT2D eigenvalue weighted by atomic mass is 32.1. The summed E-state index contributed by atoms with van der Waals surface area (Å²) in [7, 11) is 0. The molecule has 0 bridgehead atoms. The van der Waals surface area contributed by atoms with Crippen LogP contribution in [0.4, 0.5) is 13.2 Å². The summed E-state index contributed by atoms with van der Waals surface area (Å²) in [6, 6.07) is 3.45. The van der Waals surface area contributed by atoms with Gasteiger partial charge >= 0.3 is 6.18 Å². The van der Waals surface area contributed by atoms with Crippen LogP contribution in [0.25, 0.3) is 10.8 Å². The van der Waals surface area contributed by atoms with Gasteiger partial charge in [-0.15, -0.1) is 11.3 Å². The second-order valence-corrected chi connectivity index (χ2v) is 5.78. The molecule has 0 atom stereocenters. The van der Waals surface area contributed by atoms with E-state index in [4.69, 9.17) is 4.42 Å². The third-order valence-electron chi connectivity index (χ3n) is 3.03. The van der Waals surface area contributed by atoms with E-state index in [0.717, 1.165) is 11.3 Å². The minimum absolute atomic E-state index is 0.131. The van der Waals surface area contributed by atoms with Crippen molar-refractivity contribution in [1.82, 2.24) is 15.2 Å². The molecule has 2 heterocycles. The van der Waals surface area contributed by atoms with Crippen LogP contribution >= 0.6 is 11.3 Å². The van der Waals surface area contributed by atoms with E-state index in [0.29, 0.717) is 15.6 Å². The van der Waals surface area contributed by atoms with Crippen LogP contribution in [0.3, 0.4) is 0 Å². The Kier molecular flexibility index (Phi) is 5.78. The fourth-order valence-corrected chi connectivity index (χ4v) is 2.71. The molecule has 0 aliphatic rings. The zero-order valence-corrected chi connectivity index (χ0v) is 13.2. The van der Waals surface area contributed by atoms with Crippen LogP contribution in [-0.4, -0.2) is 48.1 Å². The predicted octanol–water partition coefficient (Wildman–Crippen LogP) is 3.02. The number of carbonyl (C=O) groups excluding carboxylic acids is 1. The van der Waals surface area contributed by atoms with Crippen LogP contribution in [0.5, 0.6) is 0 Å². The number of nitrogens with zero attached hydrogens (tertiary/aromatic N) is 2. The monoisotopic (exact) mass is 347 g/mol. The molecule has 0 saturated heterocycles. The Balaban J connectivity index is 1.83. The molecule has 0 fully saturated rings. The molecule has 2 rings (SSSR count). The number of hydrogen-bond acceptors (Lipinski definition) is 5. The molecule has 0 radical (unpaired) electrons. The summed E-state index contributed by atoms with van der Waals surface area (Å²) in [6.07, 6.45) is -1.31. The van der Waals surface area contributed by atoms with E-state index < -0.39 is 12.7 Å². The number of thiazole rings is 1.